The van der Waals surface area contributed by atoms with Gasteiger partial charge in [0.15, 0.2) is 0 Å². The maximum Gasteiger partial charge on any atom is 0.437 e. The first-order valence-electron chi connectivity index (χ1n) is 12.1. The molecule has 12 heteroatoms. The number of carbonyl (C=O) groups excluding carboxylic acids is 2. The van der Waals surface area contributed by atoms with Crippen LogP contribution in [-0.4, -0.2) is 63.0 Å². The maximum atomic E-state index is 11.7. The number of nitrogens with one attached hydrogen (secondary N) is 2. The molecule has 2 rings (SSSR count). The van der Waals surface area contributed by atoms with Crippen molar-refractivity contribution in [1.82, 2.24) is 15.9 Å². The summed E-state index contributed by atoms with van der Waals surface area (Å²) in [5, 5.41) is 27.0. The van der Waals surface area contributed by atoms with E-state index in [0.29, 0.717) is 5.56 Å². The molecule has 1 unspecified atom stereocenters. The van der Waals surface area contributed by atoms with Crippen LogP contribution in [-0.2, 0) is 14.3 Å². The number of nitrogens with zero attached hydrogens (tertiary/aromatic N) is 2. The summed E-state index contributed by atoms with van der Waals surface area (Å²) in [5.74, 6) is 0. The average Bonchev–Trinajstić information content (AvgIpc) is 3.57. The number of nitriles is 1. The van der Waals surface area contributed by atoms with Crippen LogP contribution in [0, 0.1) is 11.3 Å². The van der Waals surface area contributed by atoms with E-state index in [1.807, 2.05) is 6.07 Å². The van der Waals surface area contributed by atoms with Crippen molar-refractivity contribution >= 4 is 12.2 Å². The molecule has 0 radical (unpaired) electrons. The molecule has 0 saturated carbocycles. The summed E-state index contributed by atoms with van der Waals surface area (Å²) in [6, 6.07) is 8.92. The number of hydroxylamine groups is 2. The second kappa shape index (κ2) is 14.3. The molecule has 1 aliphatic heterocycles. The number of rotatable bonds is 5. The standard InChI is InChI=1S/C13H14N2O3.C9H20N2O3.C4H11NO/c1-13(2,3)17-12(16)15-11(18-15)10-6-4-9(8-14)5-7-10;1-8(2,3)14-7(13)10-11-9(4,5)6-12;1-4(2,5)3-6/h4-7,11H,1-3H3;11-12H,6H2,1-5H3,(H,10,13);6H,3,5H2,1-2H3. The van der Waals surface area contributed by atoms with E-state index in [0.717, 1.165) is 5.56 Å². The van der Waals surface area contributed by atoms with Crippen LogP contribution in [0.4, 0.5) is 9.59 Å². The minimum Gasteiger partial charge on any atom is -0.443 e. The molecule has 2 amide bonds. The van der Waals surface area contributed by atoms with Crippen molar-refractivity contribution < 1.29 is 34.1 Å². The maximum absolute atomic E-state index is 11.7. The second-order valence-electron chi connectivity index (χ2n) is 11.9. The summed E-state index contributed by atoms with van der Waals surface area (Å²) < 4.78 is 10.2. The number of benzene rings is 1. The number of nitrogens with two attached hydrogens (primary N) is 1. The van der Waals surface area contributed by atoms with E-state index in [1.165, 1.54) is 5.06 Å². The minimum absolute atomic E-state index is 0.0486. The van der Waals surface area contributed by atoms with Gasteiger partial charge in [-0.15, -0.1) is 5.06 Å². The van der Waals surface area contributed by atoms with E-state index in [-0.39, 0.29) is 13.2 Å². The first-order chi connectivity index (χ1) is 17.1. The summed E-state index contributed by atoms with van der Waals surface area (Å²) in [6.45, 7) is 17.8. The van der Waals surface area contributed by atoms with Gasteiger partial charge >= 0.3 is 12.2 Å². The van der Waals surface area contributed by atoms with E-state index in [2.05, 4.69) is 10.9 Å². The van der Waals surface area contributed by atoms with Gasteiger partial charge in [-0.1, -0.05) is 12.1 Å². The van der Waals surface area contributed by atoms with Gasteiger partial charge in [-0.25, -0.2) is 19.9 Å². The van der Waals surface area contributed by atoms with Crippen LogP contribution >= 0.6 is 0 Å². The van der Waals surface area contributed by atoms with Gasteiger partial charge < -0.3 is 25.4 Å². The lowest BCUT2D eigenvalue weighted by Gasteiger charge is -2.25. The smallest absolute Gasteiger partial charge is 0.437 e. The summed E-state index contributed by atoms with van der Waals surface area (Å²) >= 11 is 0. The van der Waals surface area contributed by atoms with Gasteiger partial charge in [-0.3, -0.25) is 5.43 Å². The van der Waals surface area contributed by atoms with Gasteiger partial charge in [0.25, 0.3) is 0 Å². The monoisotopic (exact) mass is 539 g/mol. The number of amides is 2. The quantitative estimate of drug-likeness (QED) is 0.275. The van der Waals surface area contributed by atoms with Crippen molar-refractivity contribution in [2.75, 3.05) is 13.2 Å². The van der Waals surface area contributed by atoms with Crippen LogP contribution in [0.1, 0.15) is 86.6 Å². The minimum atomic E-state index is -0.559. The van der Waals surface area contributed by atoms with E-state index >= 15 is 0 Å². The van der Waals surface area contributed by atoms with Gasteiger partial charge in [0, 0.05) is 11.1 Å². The first kappa shape index (κ1) is 35.0. The Balaban J connectivity index is 0.000000610. The van der Waals surface area contributed by atoms with Crippen LogP contribution in [0.25, 0.3) is 0 Å². The fourth-order valence-corrected chi connectivity index (χ4v) is 2.01. The van der Waals surface area contributed by atoms with Crippen molar-refractivity contribution in [2.45, 2.75) is 97.7 Å². The second-order valence-corrected chi connectivity index (χ2v) is 11.9. The van der Waals surface area contributed by atoms with Crippen LogP contribution in [0.5, 0.6) is 0 Å². The molecule has 0 aromatic heterocycles. The van der Waals surface area contributed by atoms with Gasteiger partial charge in [0.2, 0.25) is 6.23 Å². The summed E-state index contributed by atoms with van der Waals surface area (Å²) in [6.07, 6.45) is -1.47. The van der Waals surface area contributed by atoms with E-state index in [9.17, 15) is 9.59 Å². The van der Waals surface area contributed by atoms with E-state index in [4.69, 9.17) is 35.5 Å². The molecular weight excluding hydrogens is 494 g/mol. The topological polar surface area (TPSA) is 182 Å². The zero-order chi connectivity index (χ0) is 29.9. The Morgan fingerprint density at radius 1 is 0.974 bits per heavy atom. The third-order valence-electron chi connectivity index (χ3n) is 3.98. The highest BCUT2D eigenvalue weighted by Crippen LogP contribution is 2.38. The van der Waals surface area contributed by atoms with E-state index < -0.39 is 40.7 Å². The van der Waals surface area contributed by atoms with Crippen molar-refractivity contribution in [1.29, 1.82) is 5.26 Å². The average molecular weight is 540 g/mol. The first-order valence-corrected chi connectivity index (χ1v) is 12.1. The molecule has 0 aliphatic carbocycles. The molecule has 1 fully saturated rings. The largest absolute Gasteiger partial charge is 0.443 e. The van der Waals surface area contributed by atoms with Gasteiger partial charge in [-0.05, 0) is 81.4 Å². The summed E-state index contributed by atoms with van der Waals surface area (Å²) in [7, 11) is 0. The van der Waals surface area contributed by atoms with Crippen molar-refractivity contribution in [3.8, 4) is 6.07 Å². The molecule has 38 heavy (non-hydrogen) atoms. The lowest BCUT2D eigenvalue weighted by molar-refractivity contribution is 0.0208. The molecule has 216 valence electrons. The molecule has 1 heterocycles. The Morgan fingerprint density at radius 3 is 1.82 bits per heavy atom. The predicted octanol–water partition coefficient (Wildman–Crippen LogP) is 3.24. The number of hydrogen-bond donors (Lipinski definition) is 5. The molecule has 12 nitrogen and oxygen atoms in total. The highest BCUT2D eigenvalue weighted by atomic mass is 16.9. The Bertz CT molecular complexity index is 924. The van der Waals surface area contributed by atoms with Crippen LogP contribution in [0.15, 0.2) is 24.3 Å². The molecule has 0 spiro atoms. The van der Waals surface area contributed by atoms with Crippen molar-refractivity contribution in [3.63, 3.8) is 0 Å². The Morgan fingerprint density at radius 2 is 1.45 bits per heavy atom. The number of aliphatic hydroxyl groups excluding tert-OH is 2. The Labute approximate surface area is 226 Å². The predicted molar refractivity (Wildman–Crippen MR) is 142 cm³/mol. The molecule has 1 atom stereocenters. The highest BCUT2D eigenvalue weighted by Gasteiger charge is 2.45. The number of aliphatic hydroxyl groups is 2. The van der Waals surface area contributed by atoms with Crippen LogP contribution in [0.2, 0.25) is 0 Å². The summed E-state index contributed by atoms with van der Waals surface area (Å²) in [5.41, 5.74) is 9.67. The van der Waals surface area contributed by atoms with Crippen LogP contribution < -0.4 is 16.6 Å². The molecule has 1 aromatic carbocycles. The van der Waals surface area contributed by atoms with Gasteiger partial charge in [-0.2, -0.15) is 5.26 Å². The lowest BCUT2D eigenvalue weighted by atomic mass is 10.1. The highest BCUT2D eigenvalue weighted by molar-refractivity contribution is 5.69. The third kappa shape index (κ3) is 16.7. The fourth-order valence-electron chi connectivity index (χ4n) is 2.01. The third-order valence-corrected chi connectivity index (χ3v) is 3.98. The summed E-state index contributed by atoms with van der Waals surface area (Å²) in [4.78, 5) is 28.0. The molecule has 1 aromatic rings. The SMILES string of the molecule is CC(C)(C)OC(=O)N1OC1c1ccc(C#N)cc1.CC(C)(CO)NNC(=O)OC(C)(C)C.CC(C)(N)CO. The molecule has 1 aliphatic rings. The number of hydrogen-bond acceptors (Lipinski definition) is 10. The Hall–Kier alpha value is -2.95. The molecule has 1 saturated heterocycles. The molecule has 0 bridgehead atoms. The van der Waals surface area contributed by atoms with Crippen molar-refractivity contribution in [3.05, 3.63) is 35.4 Å². The fraction of sp³-hybridized carbons (Fsp3) is 0.654. The van der Waals surface area contributed by atoms with E-state index in [1.54, 1.807) is 93.5 Å². The van der Waals surface area contributed by atoms with Crippen molar-refractivity contribution in [2.24, 2.45) is 5.73 Å². The number of ether oxygens (including phenoxy) is 2. The number of carbonyl (C=O) groups is 2. The normalized spacial score (nSPS) is 15.1. The zero-order valence-corrected chi connectivity index (χ0v) is 24.2. The zero-order valence-electron chi connectivity index (χ0n) is 24.2. The van der Waals surface area contributed by atoms with Gasteiger partial charge in [0.1, 0.15) is 11.2 Å². The van der Waals surface area contributed by atoms with Gasteiger partial charge in [0.05, 0.1) is 30.4 Å². The lowest BCUT2D eigenvalue weighted by Crippen LogP contribution is -2.53. The molecular formula is C26H45N5O7. The Kier molecular flexibility index (Phi) is 13.2. The van der Waals surface area contributed by atoms with Crippen LogP contribution in [0.3, 0.4) is 0 Å². The molecule has 6 N–H and O–H groups in total. The number of hydrazine groups is 1.